The van der Waals surface area contributed by atoms with Crippen molar-refractivity contribution in [3.05, 3.63) is 29.3 Å². The molecule has 2 unspecified atom stereocenters. The first kappa shape index (κ1) is 12.9. The Morgan fingerprint density at radius 2 is 2.22 bits per heavy atom. The fourth-order valence-corrected chi connectivity index (χ4v) is 2.31. The molecule has 0 spiro atoms. The summed E-state index contributed by atoms with van der Waals surface area (Å²) in [6.45, 7) is 1.74. The summed E-state index contributed by atoms with van der Waals surface area (Å²) in [6, 6.07) is 5.63. The number of aliphatic hydroxyl groups excluding tert-OH is 1. The summed E-state index contributed by atoms with van der Waals surface area (Å²) in [5, 5.41) is 9.81. The molecule has 0 saturated heterocycles. The molecule has 2 atom stereocenters. The van der Waals surface area contributed by atoms with Gasteiger partial charge in [-0.15, -0.1) is 0 Å². The van der Waals surface area contributed by atoms with Crippen LogP contribution >= 0.6 is 0 Å². The van der Waals surface area contributed by atoms with Gasteiger partial charge in [0.25, 0.3) is 5.91 Å². The van der Waals surface area contributed by atoms with Crippen LogP contribution in [0.25, 0.3) is 0 Å². The molecule has 18 heavy (non-hydrogen) atoms. The van der Waals surface area contributed by atoms with Crippen molar-refractivity contribution >= 4 is 5.91 Å². The molecule has 0 radical (unpaired) electrons. The first-order chi connectivity index (χ1) is 8.50. The third-order valence-corrected chi connectivity index (χ3v) is 3.29. The van der Waals surface area contributed by atoms with Gasteiger partial charge < -0.3 is 14.7 Å². The molecular formula is C14H19NO3. The Labute approximate surface area is 107 Å². The smallest absolute Gasteiger partial charge is 0.262 e. The first-order valence-electron chi connectivity index (χ1n) is 6.18. The average molecular weight is 249 g/mol. The molecule has 1 aromatic carbocycles. The van der Waals surface area contributed by atoms with Gasteiger partial charge in [-0.05, 0) is 31.4 Å². The number of ether oxygens (including phenoxy) is 1. The summed E-state index contributed by atoms with van der Waals surface area (Å²) in [5.41, 5.74) is 1.96. The number of aliphatic hydroxyl groups is 1. The average Bonchev–Trinajstić information content (AvgIpc) is 2.71. The number of amides is 1. The van der Waals surface area contributed by atoms with Crippen LogP contribution in [0.15, 0.2) is 18.2 Å². The van der Waals surface area contributed by atoms with Gasteiger partial charge in [0.1, 0.15) is 5.75 Å². The Kier molecular flexibility index (Phi) is 3.57. The number of fused-ring (bicyclic) bond motifs is 1. The summed E-state index contributed by atoms with van der Waals surface area (Å²) in [5.74, 6) is 0.651. The van der Waals surface area contributed by atoms with Crippen molar-refractivity contribution in [2.45, 2.75) is 32.0 Å². The zero-order chi connectivity index (χ0) is 13.3. The molecule has 1 amide bonds. The van der Waals surface area contributed by atoms with Gasteiger partial charge in [0, 0.05) is 19.7 Å². The molecule has 4 heteroatoms. The highest BCUT2D eigenvalue weighted by Gasteiger charge is 2.25. The lowest BCUT2D eigenvalue weighted by Crippen LogP contribution is -2.35. The second-order valence-corrected chi connectivity index (χ2v) is 4.87. The summed E-state index contributed by atoms with van der Waals surface area (Å²) < 4.78 is 5.73. The molecule has 1 aliphatic carbocycles. The van der Waals surface area contributed by atoms with Crippen molar-refractivity contribution in [2.24, 2.45) is 0 Å². The fourth-order valence-electron chi connectivity index (χ4n) is 2.31. The van der Waals surface area contributed by atoms with Crippen LogP contribution < -0.4 is 4.74 Å². The highest BCUT2D eigenvalue weighted by atomic mass is 16.5. The van der Waals surface area contributed by atoms with Crippen molar-refractivity contribution < 1.29 is 14.6 Å². The Hall–Kier alpha value is -1.55. The van der Waals surface area contributed by atoms with Gasteiger partial charge in [-0.3, -0.25) is 4.79 Å². The van der Waals surface area contributed by atoms with Crippen LogP contribution in [0.1, 0.15) is 30.6 Å². The lowest BCUT2D eigenvalue weighted by Gasteiger charge is -2.20. The highest BCUT2D eigenvalue weighted by Crippen LogP contribution is 2.37. The van der Waals surface area contributed by atoms with Crippen molar-refractivity contribution in [1.29, 1.82) is 0 Å². The van der Waals surface area contributed by atoms with Gasteiger partial charge in [-0.2, -0.15) is 0 Å². The molecule has 98 valence electrons. The van der Waals surface area contributed by atoms with E-state index in [0.29, 0.717) is 5.75 Å². The third kappa shape index (κ3) is 2.34. The molecule has 1 aliphatic rings. The topological polar surface area (TPSA) is 49.8 Å². The van der Waals surface area contributed by atoms with E-state index in [1.807, 2.05) is 18.2 Å². The quantitative estimate of drug-likeness (QED) is 0.883. The van der Waals surface area contributed by atoms with E-state index in [4.69, 9.17) is 4.74 Å². The molecular weight excluding hydrogens is 230 g/mol. The molecule has 2 rings (SSSR count). The maximum atomic E-state index is 11.8. The molecule has 1 aromatic rings. The zero-order valence-corrected chi connectivity index (χ0v) is 11.0. The summed E-state index contributed by atoms with van der Waals surface area (Å²) >= 11 is 0. The number of nitrogens with zero attached hydrogens (tertiary/aromatic N) is 1. The number of carbonyl (C=O) groups is 1. The Morgan fingerprint density at radius 3 is 2.89 bits per heavy atom. The van der Waals surface area contributed by atoms with Gasteiger partial charge in [0.05, 0.1) is 6.10 Å². The minimum absolute atomic E-state index is 0.0638. The Morgan fingerprint density at radius 1 is 1.50 bits per heavy atom. The van der Waals surface area contributed by atoms with Crippen LogP contribution in [0, 0.1) is 0 Å². The van der Waals surface area contributed by atoms with Crippen molar-refractivity contribution in [3.63, 3.8) is 0 Å². The number of hydrogen-bond acceptors (Lipinski definition) is 3. The van der Waals surface area contributed by atoms with E-state index in [2.05, 4.69) is 0 Å². The third-order valence-electron chi connectivity index (χ3n) is 3.29. The van der Waals surface area contributed by atoms with Crippen molar-refractivity contribution in [3.8, 4) is 5.75 Å². The maximum absolute atomic E-state index is 11.8. The molecule has 0 heterocycles. The standard InChI is InChI=1S/C14H19NO3/c1-9(14(17)15(2)3)18-13-6-4-5-10-11(13)7-8-12(10)16/h4-6,9,12,16H,7-8H2,1-3H3. The number of hydrogen-bond donors (Lipinski definition) is 1. The zero-order valence-electron chi connectivity index (χ0n) is 11.0. The van der Waals surface area contributed by atoms with E-state index in [0.717, 1.165) is 24.0 Å². The van der Waals surface area contributed by atoms with Gasteiger partial charge >= 0.3 is 0 Å². The maximum Gasteiger partial charge on any atom is 0.262 e. The van der Waals surface area contributed by atoms with E-state index in [1.165, 1.54) is 4.90 Å². The highest BCUT2D eigenvalue weighted by molar-refractivity contribution is 5.80. The molecule has 4 nitrogen and oxygen atoms in total. The largest absolute Gasteiger partial charge is 0.481 e. The number of rotatable bonds is 3. The van der Waals surface area contributed by atoms with Crippen LogP contribution in [0.4, 0.5) is 0 Å². The van der Waals surface area contributed by atoms with Gasteiger partial charge in [-0.1, -0.05) is 12.1 Å². The number of carbonyl (C=O) groups excluding carboxylic acids is 1. The predicted octanol–water partition coefficient (Wildman–Crippen LogP) is 1.52. The normalized spacial score (nSPS) is 19.2. The van der Waals surface area contributed by atoms with Crippen LogP contribution in [0.5, 0.6) is 5.75 Å². The lowest BCUT2D eigenvalue weighted by atomic mass is 10.1. The summed E-state index contributed by atoms with van der Waals surface area (Å²) in [6.07, 6.45) is 0.619. The minimum atomic E-state index is -0.510. The van der Waals surface area contributed by atoms with Crippen LogP contribution in [-0.2, 0) is 11.2 Å². The molecule has 0 fully saturated rings. The SMILES string of the molecule is CC(Oc1cccc2c1CCC2O)C(=O)N(C)C. The number of benzene rings is 1. The van der Waals surface area contributed by atoms with Crippen LogP contribution in [-0.4, -0.2) is 36.1 Å². The first-order valence-corrected chi connectivity index (χ1v) is 6.18. The van der Waals surface area contributed by atoms with E-state index >= 15 is 0 Å². The van der Waals surface area contributed by atoms with Crippen molar-refractivity contribution in [1.82, 2.24) is 4.90 Å². The Balaban J connectivity index is 2.18. The van der Waals surface area contributed by atoms with E-state index in [9.17, 15) is 9.90 Å². The van der Waals surface area contributed by atoms with Crippen molar-refractivity contribution in [2.75, 3.05) is 14.1 Å². The van der Waals surface area contributed by atoms with Crippen LogP contribution in [0.2, 0.25) is 0 Å². The molecule has 0 bridgehead atoms. The summed E-state index contributed by atoms with van der Waals surface area (Å²) in [7, 11) is 3.42. The fraction of sp³-hybridized carbons (Fsp3) is 0.500. The van der Waals surface area contributed by atoms with E-state index < -0.39 is 12.2 Å². The summed E-state index contributed by atoms with van der Waals surface area (Å²) in [4.78, 5) is 13.3. The second-order valence-electron chi connectivity index (χ2n) is 4.87. The monoisotopic (exact) mass is 249 g/mol. The lowest BCUT2D eigenvalue weighted by molar-refractivity contribution is -0.135. The second kappa shape index (κ2) is 4.98. The van der Waals surface area contributed by atoms with Crippen LogP contribution in [0.3, 0.4) is 0 Å². The molecule has 1 N–H and O–H groups in total. The van der Waals surface area contributed by atoms with E-state index in [1.54, 1.807) is 21.0 Å². The van der Waals surface area contributed by atoms with Gasteiger partial charge in [0.15, 0.2) is 6.10 Å². The predicted molar refractivity (Wildman–Crippen MR) is 68.5 cm³/mol. The molecule has 0 aromatic heterocycles. The molecule has 0 aliphatic heterocycles. The Bertz CT molecular complexity index is 456. The molecule has 0 saturated carbocycles. The van der Waals surface area contributed by atoms with Gasteiger partial charge in [0.2, 0.25) is 0 Å². The van der Waals surface area contributed by atoms with E-state index in [-0.39, 0.29) is 5.91 Å². The van der Waals surface area contributed by atoms with Gasteiger partial charge in [-0.25, -0.2) is 0 Å². The minimum Gasteiger partial charge on any atom is -0.481 e. The number of likely N-dealkylation sites (N-methyl/N-ethyl adjacent to an activating group) is 1.